The van der Waals surface area contributed by atoms with Crippen LogP contribution in [0.15, 0.2) is 110 Å². The van der Waals surface area contributed by atoms with Gasteiger partial charge in [-0.05, 0) is 12.4 Å². The predicted molar refractivity (Wildman–Crippen MR) is 148 cm³/mol. The molecule has 2 aromatic carbocycles. The molecule has 0 saturated heterocycles. The van der Waals surface area contributed by atoms with Crippen LogP contribution in [0.25, 0.3) is 0 Å². The number of aromatic nitrogens is 2. The standard InChI is InChI=1S/2C14H10NO2.2C2H5O.Ti/c2*16-13(11-5-2-1-3-6-11)9-14(17)12-7-4-8-15-10-12;2*1-2-3;/h2*1-10H;2*2H2,1H3;/q4*-1;. The van der Waals surface area contributed by atoms with Crippen LogP contribution < -0.4 is 10.2 Å². The second kappa shape index (κ2) is 22.6. The van der Waals surface area contributed by atoms with E-state index >= 15 is 0 Å². The van der Waals surface area contributed by atoms with Crippen molar-refractivity contribution in [1.29, 1.82) is 0 Å². The van der Waals surface area contributed by atoms with E-state index in [0.717, 1.165) is 12.8 Å². The first-order valence-electron chi connectivity index (χ1n) is 12.3. The summed E-state index contributed by atoms with van der Waals surface area (Å²) in [5, 5.41) is 17.9. The number of benzene rings is 2. The van der Waals surface area contributed by atoms with Crippen molar-refractivity contribution in [3.8, 4) is 0 Å². The molecule has 9 heteroatoms. The number of rotatable bonds is 8. The van der Waals surface area contributed by atoms with Gasteiger partial charge >= 0.3 is 0 Å². The molecular formula is C32H30N2O6Ti-4. The minimum absolute atomic E-state index is 0. The van der Waals surface area contributed by atoms with Gasteiger partial charge in [0.15, 0.2) is 0 Å². The van der Waals surface area contributed by atoms with Crippen molar-refractivity contribution in [3.63, 3.8) is 0 Å². The molecule has 2 aromatic heterocycles. The van der Waals surface area contributed by atoms with Crippen LogP contribution in [0.2, 0.25) is 0 Å². The van der Waals surface area contributed by atoms with Crippen LogP contribution in [0.4, 0.5) is 0 Å². The second-order valence-electron chi connectivity index (χ2n) is 7.54. The van der Waals surface area contributed by atoms with Crippen molar-refractivity contribution in [3.05, 3.63) is 145 Å². The van der Waals surface area contributed by atoms with Crippen LogP contribution >= 0.6 is 0 Å². The zero-order chi connectivity index (χ0) is 29.6. The third kappa shape index (κ3) is 15.2. The third-order valence-electron chi connectivity index (χ3n) is 4.53. The molecule has 41 heavy (non-hydrogen) atoms. The number of carbonyl (C=O) groups excluding carboxylic acids is 4. The number of pyridine rings is 2. The zero-order valence-electron chi connectivity index (χ0n) is 22.8. The Morgan fingerprint density at radius 3 is 1.07 bits per heavy atom. The van der Waals surface area contributed by atoms with Crippen molar-refractivity contribution in [2.75, 3.05) is 13.2 Å². The molecule has 0 saturated carbocycles. The van der Waals surface area contributed by atoms with Crippen LogP contribution in [-0.4, -0.2) is 46.3 Å². The molecular weight excluding hydrogens is 556 g/mol. The van der Waals surface area contributed by atoms with E-state index in [1.807, 2.05) is 12.1 Å². The first-order valence-corrected chi connectivity index (χ1v) is 12.3. The number of ketones is 4. The summed E-state index contributed by atoms with van der Waals surface area (Å²) in [5.41, 5.74) is 1.84. The molecule has 0 unspecified atom stereocenters. The Labute approximate surface area is 255 Å². The van der Waals surface area contributed by atoms with Crippen molar-refractivity contribution in [2.24, 2.45) is 0 Å². The minimum atomic E-state index is -0.327. The van der Waals surface area contributed by atoms with Gasteiger partial charge in [-0.2, -0.15) is 0 Å². The van der Waals surface area contributed by atoms with E-state index in [9.17, 15) is 19.2 Å². The van der Waals surface area contributed by atoms with Gasteiger partial charge in [-0.1, -0.05) is 97.5 Å². The van der Waals surface area contributed by atoms with E-state index in [-0.39, 0.29) is 58.1 Å². The van der Waals surface area contributed by atoms with Gasteiger partial charge in [-0.3, -0.25) is 9.97 Å². The topological polar surface area (TPSA) is 140 Å². The Morgan fingerprint density at radius 1 is 0.537 bits per heavy atom. The molecule has 0 spiro atoms. The van der Waals surface area contributed by atoms with Gasteiger partial charge in [-0.25, -0.2) is 0 Å². The third-order valence-corrected chi connectivity index (χ3v) is 4.53. The van der Waals surface area contributed by atoms with Crippen molar-refractivity contribution < 1.29 is 51.1 Å². The number of nitrogens with zero attached hydrogens (tertiary/aromatic N) is 2. The minimum Gasteiger partial charge on any atom is -0.855 e. The summed E-state index contributed by atoms with van der Waals surface area (Å²) in [6.07, 6.45) is 8.22. The van der Waals surface area contributed by atoms with Crippen LogP contribution in [0.1, 0.15) is 55.3 Å². The molecule has 0 bridgehead atoms. The van der Waals surface area contributed by atoms with E-state index < -0.39 is 0 Å². The van der Waals surface area contributed by atoms with Crippen LogP contribution in [0.3, 0.4) is 0 Å². The molecule has 0 aliphatic rings. The molecule has 0 radical (unpaired) electrons. The van der Waals surface area contributed by atoms with Crippen molar-refractivity contribution >= 4 is 23.1 Å². The summed E-state index contributed by atoms with van der Waals surface area (Å²) in [6.45, 7) is 3.14. The SMILES string of the molecule is CC[O-].CC[O-].O=C([CH-]C(=O)c1cccnc1)c1ccccc1.O=C([CH-]C(=O)c1cccnc1)c1ccccc1.[Ti]. The average molecular weight is 586 g/mol. The van der Waals surface area contributed by atoms with E-state index in [0.29, 0.717) is 22.3 Å². The summed E-state index contributed by atoms with van der Waals surface area (Å²) in [5.74, 6) is -1.24. The van der Waals surface area contributed by atoms with Crippen molar-refractivity contribution in [1.82, 2.24) is 9.97 Å². The monoisotopic (exact) mass is 586 g/mol. The number of Topliss-reactive ketones (excluding diaryl/α,β-unsaturated/α-hetero) is 4. The average Bonchev–Trinajstić information content (AvgIpc) is 3.00. The Morgan fingerprint density at radius 2 is 0.805 bits per heavy atom. The Kier molecular flexibility index (Phi) is 20.3. The molecule has 8 nitrogen and oxygen atoms in total. The van der Waals surface area contributed by atoms with Gasteiger partial charge in [0.25, 0.3) is 0 Å². The van der Waals surface area contributed by atoms with Crippen LogP contribution in [0, 0.1) is 12.8 Å². The molecule has 4 rings (SSSR count). The van der Waals surface area contributed by atoms with Gasteiger partial charge in [0.05, 0.1) is 23.1 Å². The maximum absolute atomic E-state index is 11.7. The quantitative estimate of drug-likeness (QED) is 0.132. The number of carbonyl (C=O) groups is 4. The molecule has 0 fully saturated rings. The van der Waals surface area contributed by atoms with E-state index in [1.54, 1.807) is 99.0 Å². The van der Waals surface area contributed by atoms with Crippen molar-refractivity contribution in [2.45, 2.75) is 13.8 Å². The molecule has 0 aliphatic carbocycles. The van der Waals surface area contributed by atoms with E-state index in [2.05, 4.69) is 9.97 Å². The molecule has 4 aromatic rings. The van der Waals surface area contributed by atoms with Gasteiger partial charge in [0, 0.05) is 34.1 Å². The van der Waals surface area contributed by atoms with E-state index in [1.165, 1.54) is 12.4 Å². The fraction of sp³-hybridized carbons (Fsp3) is 0.125. The fourth-order valence-electron chi connectivity index (χ4n) is 2.79. The largest absolute Gasteiger partial charge is 0.855 e. The fourth-order valence-corrected chi connectivity index (χ4v) is 2.79. The zero-order valence-corrected chi connectivity index (χ0v) is 24.4. The summed E-state index contributed by atoms with van der Waals surface area (Å²) in [6, 6.07) is 24.0. The Balaban J connectivity index is 0.000000642. The second-order valence-corrected chi connectivity index (χ2v) is 7.54. The first kappa shape index (κ1) is 36.8. The number of hydrogen-bond donors (Lipinski definition) is 0. The summed E-state index contributed by atoms with van der Waals surface area (Å²) < 4.78 is 0. The molecule has 0 atom stereocenters. The van der Waals surface area contributed by atoms with Gasteiger partial charge < -0.3 is 29.4 Å². The van der Waals surface area contributed by atoms with Gasteiger partial charge in [-0.15, -0.1) is 49.6 Å². The number of hydrogen-bond acceptors (Lipinski definition) is 8. The van der Waals surface area contributed by atoms with Crippen LogP contribution in [0.5, 0.6) is 0 Å². The molecule has 0 aliphatic heterocycles. The predicted octanol–water partition coefficient (Wildman–Crippen LogP) is 3.43. The van der Waals surface area contributed by atoms with E-state index in [4.69, 9.17) is 10.2 Å². The van der Waals surface area contributed by atoms with Gasteiger partial charge in [0.2, 0.25) is 0 Å². The van der Waals surface area contributed by atoms with Gasteiger partial charge in [0.1, 0.15) is 0 Å². The maximum atomic E-state index is 11.7. The Bertz CT molecular complexity index is 1090. The molecule has 0 N–H and O–H groups in total. The summed E-state index contributed by atoms with van der Waals surface area (Å²) >= 11 is 0. The maximum Gasteiger partial charge on any atom is 0.0847 e. The normalized spacial score (nSPS) is 8.88. The Hall–Kier alpha value is -4.21. The smallest absolute Gasteiger partial charge is 0.0847 e. The molecule has 212 valence electrons. The molecule has 0 amide bonds. The molecule has 2 heterocycles. The summed E-state index contributed by atoms with van der Waals surface area (Å²) in [4.78, 5) is 54.6. The first-order chi connectivity index (χ1) is 19.4. The summed E-state index contributed by atoms with van der Waals surface area (Å²) in [7, 11) is 0. The van der Waals surface area contributed by atoms with Crippen LogP contribution in [-0.2, 0) is 21.7 Å².